The molecule has 1 unspecified atom stereocenters. The molecule has 116 valence electrons. The van der Waals surface area contributed by atoms with Crippen LogP contribution in [0.5, 0.6) is 0 Å². The van der Waals surface area contributed by atoms with Gasteiger partial charge in [-0.3, -0.25) is 9.69 Å². The van der Waals surface area contributed by atoms with E-state index in [4.69, 9.17) is 0 Å². The summed E-state index contributed by atoms with van der Waals surface area (Å²) in [7, 11) is 0. The largest absolute Gasteiger partial charge is 0.465 e. The fraction of sp³-hybridized carbons (Fsp3) is 0.467. The first-order valence-electron chi connectivity index (χ1n) is 6.74. The van der Waals surface area contributed by atoms with Crippen molar-refractivity contribution in [3.63, 3.8) is 0 Å². The molecule has 2 amide bonds. The number of carbonyl (C=O) groups excluding carboxylic acids is 1. The Kier molecular flexibility index (Phi) is 5.78. The number of hydrogen-bond acceptors (Lipinski definition) is 2. The van der Waals surface area contributed by atoms with Gasteiger partial charge in [-0.05, 0) is 45.4 Å². The Bertz CT molecular complexity index is 509. The Morgan fingerprint density at radius 2 is 1.81 bits per heavy atom. The first-order valence-corrected chi connectivity index (χ1v) is 7.53. The molecule has 0 spiro atoms. The number of carboxylic acid groups (broad SMARTS) is 1. The van der Waals surface area contributed by atoms with Crippen LogP contribution in [0.15, 0.2) is 28.7 Å². The molecule has 1 atom stereocenters. The Balaban J connectivity index is 3.33. The third-order valence-electron chi connectivity index (χ3n) is 2.97. The van der Waals surface area contributed by atoms with E-state index < -0.39 is 17.7 Å². The minimum Gasteiger partial charge on any atom is -0.465 e. The average Bonchev–Trinajstić information content (AvgIpc) is 2.35. The number of hydrogen-bond donors (Lipinski definition) is 2. The van der Waals surface area contributed by atoms with Crippen molar-refractivity contribution >= 4 is 27.9 Å². The van der Waals surface area contributed by atoms with Crippen LogP contribution in [0.25, 0.3) is 0 Å². The molecule has 0 saturated carbocycles. The highest BCUT2D eigenvalue weighted by Gasteiger charge is 2.38. The summed E-state index contributed by atoms with van der Waals surface area (Å²) in [5.74, 6) is -0.322. The van der Waals surface area contributed by atoms with Crippen molar-refractivity contribution in [3.05, 3.63) is 34.3 Å². The van der Waals surface area contributed by atoms with Gasteiger partial charge in [-0.15, -0.1) is 0 Å². The molecule has 21 heavy (non-hydrogen) atoms. The summed E-state index contributed by atoms with van der Waals surface area (Å²) >= 11 is 3.34. The highest BCUT2D eigenvalue weighted by molar-refractivity contribution is 9.10. The van der Waals surface area contributed by atoms with Gasteiger partial charge in [0.25, 0.3) is 0 Å². The fourth-order valence-electron chi connectivity index (χ4n) is 2.12. The van der Waals surface area contributed by atoms with E-state index in [0.29, 0.717) is 12.1 Å². The van der Waals surface area contributed by atoms with E-state index >= 15 is 0 Å². The van der Waals surface area contributed by atoms with Crippen LogP contribution in [0, 0.1) is 0 Å². The lowest BCUT2D eigenvalue weighted by Crippen LogP contribution is -2.51. The Morgan fingerprint density at radius 3 is 2.19 bits per heavy atom. The van der Waals surface area contributed by atoms with Crippen LogP contribution in [0.3, 0.4) is 0 Å². The van der Waals surface area contributed by atoms with E-state index in [-0.39, 0.29) is 5.91 Å². The molecule has 1 aromatic rings. The number of benzene rings is 1. The molecule has 0 fully saturated rings. The Morgan fingerprint density at radius 1 is 1.29 bits per heavy atom. The quantitative estimate of drug-likeness (QED) is 0.868. The first-order chi connectivity index (χ1) is 9.68. The van der Waals surface area contributed by atoms with E-state index in [1.54, 1.807) is 52.0 Å². The molecule has 0 heterocycles. The van der Waals surface area contributed by atoms with E-state index in [0.717, 1.165) is 4.47 Å². The second-order valence-corrected chi connectivity index (χ2v) is 6.59. The standard InChI is InChI=1S/C15H21BrN2O3/c1-5-17-13(19)12(10-6-8-11(16)9-7-10)18(14(20)21)15(2,3)4/h6-9,12H,5H2,1-4H3,(H,17,19)(H,20,21). The third-order valence-corrected chi connectivity index (χ3v) is 3.50. The number of nitrogens with one attached hydrogen (secondary N) is 1. The van der Waals surface area contributed by atoms with Gasteiger partial charge in [-0.25, -0.2) is 4.79 Å². The number of carbonyl (C=O) groups is 2. The maximum absolute atomic E-state index is 12.4. The molecule has 5 nitrogen and oxygen atoms in total. The van der Waals surface area contributed by atoms with E-state index in [2.05, 4.69) is 21.2 Å². The van der Waals surface area contributed by atoms with Crippen molar-refractivity contribution in [2.24, 2.45) is 0 Å². The molecule has 2 N–H and O–H groups in total. The molecule has 0 saturated heterocycles. The van der Waals surface area contributed by atoms with Crippen LogP contribution in [-0.2, 0) is 4.79 Å². The molecule has 0 aliphatic heterocycles. The van der Waals surface area contributed by atoms with E-state index in [9.17, 15) is 14.7 Å². The predicted molar refractivity (Wildman–Crippen MR) is 85.2 cm³/mol. The minimum atomic E-state index is -1.12. The lowest BCUT2D eigenvalue weighted by Gasteiger charge is -2.38. The van der Waals surface area contributed by atoms with Crippen LogP contribution in [0.4, 0.5) is 4.79 Å². The van der Waals surface area contributed by atoms with Crippen molar-refractivity contribution in [3.8, 4) is 0 Å². The lowest BCUT2D eigenvalue weighted by atomic mass is 9.97. The van der Waals surface area contributed by atoms with Crippen molar-refractivity contribution in [2.45, 2.75) is 39.3 Å². The van der Waals surface area contributed by atoms with Gasteiger partial charge in [-0.2, -0.15) is 0 Å². The van der Waals surface area contributed by atoms with Crippen molar-refractivity contribution in [2.75, 3.05) is 6.54 Å². The molecule has 0 aliphatic carbocycles. The van der Waals surface area contributed by atoms with Gasteiger partial charge in [0.1, 0.15) is 6.04 Å². The van der Waals surface area contributed by atoms with Crippen molar-refractivity contribution < 1.29 is 14.7 Å². The number of amides is 2. The molecule has 1 aromatic carbocycles. The van der Waals surface area contributed by atoms with Gasteiger partial charge in [0.15, 0.2) is 0 Å². The first kappa shape index (κ1) is 17.5. The summed E-state index contributed by atoms with van der Waals surface area (Å²) in [4.78, 5) is 25.2. The minimum absolute atomic E-state index is 0.322. The SMILES string of the molecule is CCNC(=O)C(c1ccc(Br)cc1)N(C(=O)O)C(C)(C)C. The molecule has 0 aromatic heterocycles. The second kappa shape index (κ2) is 6.93. The molecular weight excluding hydrogens is 336 g/mol. The fourth-order valence-corrected chi connectivity index (χ4v) is 2.38. The predicted octanol–water partition coefficient (Wildman–Crippen LogP) is 3.40. The normalized spacial score (nSPS) is 12.6. The average molecular weight is 357 g/mol. The number of likely N-dealkylation sites (N-methyl/N-ethyl adjacent to an activating group) is 1. The number of nitrogens with zero attached hydrogens (tertiary/aromatic N) is 1. The zero-order valence-electron chi connectivity index (χ0n) is 12.7. The van der Waals surface area contributed by atoms with Crippen molar-refractivity contribution in [1.82, 2.24) is 10.2 Å². The van der Waals surface area contributed by atoms with Gasteiger partial charge in [0.2, 0.25) is 5.91 Å². The molecule has 6 heteroatoms. The third kappa shape index (κ3) is 4.46. The molecule has 0 radical (unpaired) electrons. The maximum Gasteiger partial charge on any atom is 0.408 e. The zero-order valence-corrected chi connectivity index (χ0v) is 14.3. The van der Waals surface area contributed by atoms with E-state index in [1.165, 1.54) is 4.90 Å². The Hall–Kier alpha value is -1.56. The Labute approximate surface area is 133 Å². The monoisotopic (exact) mass is 356 g/mol. The summed E-state index contributed by atoms with van der Waals surface area (Å²) in [5, 5.41) is 12.3. The van der Waals surface area contributed by atoms with E-state index in [1.807, 2.05) is 0 Å². The summed E-state index contributed by atoms with van der Waals surface area (Å²) in [6.45, 7) is 7.56. The summed E-state index contributed by atoms with van der Waals surface area (Å²) in [5.41, 5.74) is -0.0595. The smallest absolute Gasteiger partial charge is 0.408 e. The summed E-state index contributed by atoms with van der Waals surface area (Å²) in [6, 6.07) is 6.22. The number of halogens is 1. The molecule has 0 bridgehead atoms. The van der Waals surface area contributed by atoms with Crippen LogP contribution in [-0.4, -0.2) is 34.1 Å². The van der Waals surface area contributed by atoms with Gasteiger partial charge in [0.05, 0.1) is 0 Å². The highest BCUT2D eigenvalue weighted by Crippen LogP contribution is 2.29. The van der Waals surface area contributed by atoms with Gasteiger partial charge in [0, 0.05) is 16.6 Å². The molecular formula is C15H21BrN2O3. The molecule has 0 aliphatic rings. The molecule has 1 rings (SSSR count). The van der Waals surface area contributed by atoms with Crippen LogP contribution >= 0.6 is 15.9 Å². The summed E-state index contributed by atoms with van der Waals surface area (Å²) < 4.78 is 0.874. The summed E-state index contributed by atoms with van der Waals surface area (Å²) in [6.07, 6.45) is -1.12. The van der Waals surface area contributed by atoms with Crippen LogP contribution < -0.4 is 5.32 Å². The highest BCUT2D eigenvalue weighted by atomic mass is 79.9. The van der Waals surface area contributed by atoms with Gasteiger partial charge < -0.3 is 10.4 Å². The van der Waals surface area contributed by atoms with Crippen molar-refractivity contribution in [1.29, 1.82) is 0 Å². The van der Waals surface area contributed by atoms with Gasteiger partial charge >= 0.3 is 6.09 Å². The van der Waals surface area contributed by atoms with Gasteiger partial charge in [-0.1, -0.05) is 28.1 Å². The van der Waals surface area contributed by atoms with Crippen LogP contribution in [0.1, 0.15) is 39.3 Å². The second-order valence-electron chi connectivity index (χ2n) is 5.67. The lowest BCUT2D eigenvalue weighted by molar-refractivity contribution is -0.127. The zero-order chi connectivity index (χ0) is 16.2. The topological polar surface area (TPSA) is 69.6 Å². The maximum atomic E-state index is 12.4. The van der Waals surface area contributed by atoms with Crippen LogP contribution in [0.2, 0.25) is 0 Å². The number of rotatable bonds is 4.